The van der Waals surface area contributed by atoms with Crippen molar-refractivity contribution in [1.82, 2.24) is 14.6 Å². The third kappa shape index (κ3) is 4.22. The minimum atomic E-state index is 0. The van der Waals surface area contributed by atoms with Crippen LogP contribution in [0.5, 0.6) is 5.75 Å². The molecule has 0 amide bonds. The molecule has 0 atom stereocenters. The minimum Gasteiger partial charge on any atom is -0.497 e. The molecule has 140 valence electrons. The van der Waals surface area contributed by atoms with Crippen LogP contribution >= 0.6 is 0 Å². The van der Waals surface area contributed by atoms with Crippen molar-refractivity contribution in [3.63, 3.8) is 0 Å². The summed E-state index contributed by atoms with van der Waals surface area (Å²) in [4.78, 5) is 4.41. The van der Waals surface area contributed by atoms with E-state index in [2.05, 4.69) is 17.1 Å². The van der Waals surface area contributed by atoms with E-state index in [0.29, 0.717) is 0 Å². The summed E-state index contributed by atoms with van der Waals surface area (Å²) in [7, 11) is 1.66. The average Bonchev–Trinajstić information content (AvgIpc) is 3.50. The van der Waals surface area contributed by atoms with E-state index in [1.165, 1.54) is 0 Å². The molecule has 0 aliphatic heterocycles. The Morgan fingerprint density at radius 3 is 2.29 bits per heavy atom. The largest absolute Gasteiger partial charge is 2.00 e. The second kappa shape index (κ2) is 9.18. The Hall–Kier alpha value is -3.14. The van der Waals surface area contributed by atoms with Crippen LogP contribution < -0.4 is 4.74 Å². The summed E-state index contributed by atoms with van der Waals surface area (Å²) in [5.41, 5.74) is 4.95. The van der Waals surface area contributed by atoms with E-state index < -0.39 is 0 Å². The van der Waals surface area contributed by atoms with Crippen molar-refractivity contribution in [1.29, 1.82) is 0 Å². The summed E-state index contributed by atoms with van der Waals surface area (Å²) in [6.45, 7) is 0. The first kappa shape index (κ1) is 19.6. The number of aromatic nitrogens is 3. The van der Waals surface area contributed by atoms with Gasteiger partial charge in [0.25, 0.3) is 0 Å². The molecule has 0 aliphatic carbocycles. The average molecular weight is 409 g/mol. The molecular formula is C23H19FeN3O. The van der Waals surface area contributed by atoms with Gasteiger partial charge in [0.2, 0.25) is 0 Å². The molecule has 5 aromatic rings. The van der Waals surface area contributed by atoms with E-state index in [0.717, 1.165) is 33.9 Å². The number of ether oxygens (including phenoxy) is 1. The zero-order valence-corrected chi connectivity index (χ0v) is 16.4. The predicted octanol–water partition coefficient (Wildman–Crippen LogP) is 5.19. The van der Waals surface area contributed by atoms with Gasteiger partial charge in [-0.05, 0) is 36.2 Å². The Morgan fingerprint density at radius 1 is 0.964 bits per heavy atom. The zero-order valence-electron chi connectivity index (χ0n) is 15.3. The van der Waals surface area contributed by atoms with Crippen LogP contribution in [0.2, 0.25) is 0 Å². The van der Waals surface area contributed by atoms with Crippen molar-refractivity contribution in [3.05, 3.63) is 97.2 Å². The van der Waals surface area contributed by atoms with E-state index in [1.807, 2.05) is 89.6 Å². The summed E-state index contributed by atoms with van der Waals surface area (Å²) < 4.78 is 7.08. The molecule has 0 saturated heterocycles. The maximum atomic E-state index is 5.19. The Morgan fingerprint density at radius 2 is 1.68 bits per heavy atom. The first-order valence-corrected chi connectivity index (χ1v) is 8.73. The molecule has 2 heterocycles. The van der Waals surface area contributed by atoms with Gasteiger partial charge < -0.3 is 4.74 Å². The molecule has 0 saturated carbocycles. The summed E-state index contributed by atoms with van der Waals surface area (Å²) in [6.07, 6.45) is 1.82. The topological polar surface area (TPSA) is 39.4 Å². The number of rotatable bonds is 3. The Kier molecular flexibility index (Phi) is 6.43. The quantitative estimate of drug-likeness (QED) is 0.304. The molecule has 5 rings (SSSR count). The molecule has 0 fully saturated rings. The summed E-state index contributed by atoms with van der Waals surface area (Å²) in [5.74, 6) is 0.836. The van der Waals surface area contributed by atoms with E-state index in [4.69, 9.17) is 9.84 Å². The SMILES string of the molecule is COc1ccc(-c2cc3nccc(-[c-]4cccc4)n3n2)cc1.[Fe+2].c1cc[cH-]c1. The van der Waals surface area contributed by atoms with E-state index in [-0.39, 0.29) is 17.1 Å². The molecule has 28 heavy (non-hydrogen) atoms. The fraction of sp³-hybridized carbons (Fsp3) is 0.0435. The maximum absolute atomic E-state index is 5.19. The number of hydrogen-bond donors (Lipinski definition) is 0. The van der Waals surface area contributed by atoms with Gasteiger partial charge in [-0.15, -0.1) is 12.1 Å². The van der Waals surface area contributed by atoms with Crippen LogP contribution in [0.25, 0.3) is 28.2 Å². The third-order valence-corrected chi connectivity index (χ3v) is 4.26. The van der Waals surface area contributed by atoms with Gasteiger partial charge in [0, 0.05) is 11.6 Å². The van der Waals surface area contributed by atoms with Gasteiger partial charge >= 0.3 is 17.1 Å². The van der Waals surface area contributed by atoms with Crippen molar-refractivity contribution < 1.29 is 21.8 Å². The molecule has 0 spiro atoms. The fourth-order valence-corrected chi connectivity index (χ4v) is 2.88. The second-order valence-electron chi connectivity index (χ2n) is 5.99. The number of methoxy groups -OCH3 is 1. The standard InChI is InChI=1S/C18H14N3O.C5H5.Fe/c1-22-15-8-6-13(7-9-15)16-12-18-19-11-10-17(21(18)20-16)14-4-2-3-5-14;1-2-4-5-3-1;/h2-12H,1H3;1-5H;/q2*-1;+2. The van der Waals surface area contributed by atoms with Crippen molar-refractivity contribution in [3.8, 4) is 28.3 Å². The first-order chi connectivity index (χ1) is 13.3. The first-order valence-electron chi connectivity index (χ1n) is 8.73. The Bertz CT molecular complexity index is 1080. The molecule has 0 unspecified atom stereocenters. The van der Waals surface area contributed by atoms with Crippen LogP contribution in [-0.2, 0) is 17.1 Å². The molecule has 0 radical (unpaired) electrons. The smallest absolute Gasteiger partial charge is 0.497 e. The second-order valence-corrected chi connectivity index (χ2v) is 5.99. The molecule has 4 nitrogen and oxygen atoms in total. The van der Waals surface area contributed by atoms with Gasteiger partial charge in [0.15, 0.2) is 5.65 Å². The van der Waals surface area contributed by atoms with Crippen LogP contribution in [0.15, 0.2) is 97.2 Å². The maximum Gasteiger partial charge on any atom is 2.00 e. The normalized spacial score (nSPS) is 10.0. The minimum absolute atomic E-state index is 0. The van der Waals surface area contributed by atoms with Gasteiger partial charge in [0.05, 0.1) is 12.8 Å². The molecule has 0 bridgehead atoms. The molecule has 0 N–H and O–H groups in total. The van der Waals surface area contributed by atoms with E-state index in [1.54, 1.807) is 7.11 Å². The van der Waals surface area contributed by atoms with Gasteiger partial charge in [-0.2, -0.15) is 35.4 Å². The monoisotopic (exact) mass is 409 g/mol. The van der Waals surface area contributed by atoms with Crippen LogP contribution in [-0.4, -0.2) is 21.7 Å². The van der Waals surface area contributed by atoms with E-state index in [9.17, 15) is 0 Å². The van der Waals surface area contributed by atoms with Gasteiger partial charge in [-0.3, -0.25) is 0 Å². The molecule has 5 heteroatoms. The van der Waals surface area contributed by atoms with Crippen molar-refractivity contribution in [2.45, 2.75) is 0 Å². The zero-order chi connectivity index (χ0) is 18.5. The number of nitrogens with zero attached hydrogens (tertiary/aromatic N) is 3. The molecule has 2 aromatic heterocycles. The van der Waals surface area contributed by atoms with Gasteiger partial charge in [0.1, 0.15) is 5.75 Å². The van der Waals surface area contributed by atoms with Crippen molar-refractivity contribution in [2.24, 2.45) is 0 Å². The Balaban J connectivity index is 0.000000329. The molecule has 0 aliphatic rings. The van der Waals surface area contributed by atoms with E-state index >= 15 is 0 Å². The van der Waals surface area contributed by atoms with Crippen LogP contribution in [0, 0.1) is 0 Å². The third-order valence-electron chi connectivity index (χ3n) is 4.26. The summed E-state index contributed by atoms with van der Waals surface area (Å²) in [6, 6.07) is 30.0. The Labute approximate surface area is 174 Å². The fourth-order valence-electron chi connectivity index (χ4n) is 2.88. The predicted molar refractivity (Wildman–Crippen MR) is 108 cm³/mol. The number of benzene rings is 1. The molecular weight excluding hydrogens is 390 g/mol. The van der Waals surface area contributed by atoms with Gasteiger partial charge in [-0.1, -0.05) is 11.6 Å². The molecule has 3 aromatic carbocycles. The van der Waals surface area contributed by atoms with Crippen LogP contribution in [0.1, 0.15) is 0 Å². The van der Waals surface area contributed by atoms with Crippen molar-refractivity contribution >= 4 is 5.65 Å². The number of fused-ring (bicyclic) bond motifs is 1. The number of hydrogen-bond acceptors (Lipinski definition) is 3. The summed E-state index contributed by atoms with van der Waals surface area (Å²) >= 11 is 0. The van der Waals surface area contributed by atoms with Crippen LogP contribution in [0.4, 0.5) is 0 Å². The summed E-state index contributed by atoms with van der Waals surface area (Å²) in [5, 5.41) is 4.71. The van der Waals surface area contributed by atoms with Crippen molar-refractivity contribution in [2.75, 3.05) is 7.11 Å². The van der Waals surface area contributed by atoms with Crippen LogP contribution in [0.3, 0.4) is 0 Å². The van der Waals surface area contributed by atoms with Gasteiger partial charge in [-0.25, -0.2) is 21.6 Å².